The zero-order valence-electron chi connectivity index (χ0n) is 12.6. The Hall–Kier alpha value is -2.57. The van der Waals surface area contributed by atoms with Gasteiger partial charge in [-0.3, -0.25) is 0 Å². The van der Waals surface area contributed by atoms with Gasteiger partial charge in [0.1, 0.15) is 5.70 Å². The van der Waals surface area contributed by atoms with Crippen molar-refractivity contribution in [2.24, 2.45) is 0 Å². The number of pyridine rings is 1. The van der Waals surface area contributed by atoms with Crippen LogP contribution < -0.4 is 9.64 Å². The molecule has 0 fully saturated rings. The normalized spacial score (nSPS) is 16.3. The van der Waals surface area contributed by atoms with Gasteiger partial charge in [0.05, 0.1) is 19.8 Å². The van der Waals surface area contributed by atoms with Gasteiger partial charge in [-0.1, -0.05) is 6.58 Å². The molecular weight excluding hydrogens is 288 g/mol. The summed E-state index contributed by atoms with van der Waals surface area (Å²) in [4.78, 5) is 29.5. The van der Waals surface area contributed by atoms with Crippen molar-refractivity contribution >= 4 is 17.8 Å². The molecule has 0 bridgehead atoms. The monoisotopic (exact) mass is 306 g/mol. The molecule has 0 N–H and O–H groups in total. The van der Waals surface area contributed by atoms with Crippen molar-refractivity contribution in [2.75, 3.05) is 24.7 Å². The van der Waals surface area contributed by atoms with E-state index in [-0.39, 0.29) is 25.5 Å². The molecule has 1 unspecified atom stereocenters. The minimum Gasteiger partial charge on any atom is -0.473 e. The predicted octanol–water partition coefficient (Wildman–Crippen LogP) is 1.29. The third-order valence-corrected chi connectivity index (χ3v) is 3.01. The van der Waals surface area contributed by atoms with E-state index >= 15 is 0 Å². The smallest absolute Gasteiger partial charge is 0.354 e. The summed E-state index contributed by atoms with van der Waals surface area (Å²) < 4.78 is 15.5. The summed E-state index contributed by atoms with van der Waals surface area (Å²) in [5.74, 6) is -0.263. The number of esters is 2. The molecule has 22 heavy (non-hydrogen) atoms. The van der Waals surface area contributed by atoms with E-state index in [1.54, 1.807) is 32.2 Å². The second-order valence-electron chi connectivity index (χ2n) is 4.46. The van der Waals surface area contributed by atoms with Crippen molar-refractivity contribution in [1.82, 2.24) is 4.98 Å². The van der Waals surface area contributed by atoms with Gasteiger partial charge in [0.2, 0.25) is 6.10 Å². The van der Waals surface area contributed by atoms with E-state index in [1.807, 2.05) is 0 Å². The second kappa shape index (κ2) is 6.93. The minimum absolute atomic E-state index is 0.0838. The number of hydrogen-bond donors (Lipinski definition) is 0. The number of aromatic nitrogens is 1. The topological polar surface area (TPSA) is 78.0 Å². The molecule has 0 saturated carbocycles. The number of carbonyl (C=O) groups excluding carboxylic acids is 2. The van der Waals surface area contributed by atoms with Gasteiger partial charge in [0.15, 0.2) is 11.6 Å². The van der Waals surface area contributed by atoms with Crippen LogP contribution >= 0.6 is 0 Å². The fourth-order valence-corrected chi connectivity index (χ4v) is 2.04. The van der Waals surface area contributed by atoms with E-state index in [1.165, 1.54) is 4.90 Å². The summed E-state index contributed by atoms with van der Waals surface area (Å²) in [6, 6.07) is 3.34. The molecular formula is C15H18N2O5. The van der Waals surface area contributed by atoms with E-state index < -0.39 is 18.0 Å². The van der Waals surface area contributed by atoms with E-state index in [0.717, 1.165) is 0 Å². The van der Waals surface area contributed by atoms with Crippen molar-refractivity contribution in [3.63, 3.8) is 0 Å². The fraction of sp³-hybridized carbons (Fsp3) is 0.400. The molecule has 1 aromatic rings. The van der Waals surface area contributed by atoms with Crippen LogP contribution in [0.2, 0.25) is 0 Å². The highest BCUT2D eigenvalue weighted by Gasteiger charge is 2.35. The molecule has 0 saturated heterocycles. The Kier molecular flexibility index (Phi) is 4.98. The predicted molar refractivity (Wildman–Crippen MR) is 78.4 cm³/mol. The van der Waals surface area contributed by atoms with Crippen LogP contribution in [0.25, 0.3) is 0 Å². The van der Waals surface area contributed by atoms with Crippen LogP contribution in [0.4, 0.5) is 5.82 Å². The van der Waals surface area contributed by atoms with Crippen LogP contribution in [-0.4, -0.2) is 42.8 Å². The molecule has 1 atom stereocenters. The Morgan fingerprint density at radius 3 is 2.82 bits per heavy atom. The summed E-state index contributed by atoms with van der Waals surface area (Å²) >= 11 is 0. The third kappa shape index (κ3) is 3.19. The molecule has 1 aliphatic rings. The lowest BCUT2D eigenvalue weighted by Gasteiger charge is -2.34. The first-order valence-electron chi connectivity index (χ1n) is 7.00. The Labute approximate surface area is 128 Å². The molecule has 1 aliphatic heterocycles. The summed E-state index contributed by atoms with van der Waals surface area (Å²) in [5, 5.41) is 0. The molecule has 0 spiro atoms. The summed E-state index contributed by atoms with van der Waals surface area (Å²) in [6.45, 7) is 7.73. The van der Waals surface area contributed by atoms with Crippen molar-refractivity contribution in [1.29, 1.82) is 0 Å². The number of fused-ring (bicyclic) bond motifs is 1. The molecule has 2 rings (SSSR count). The van der Waals surface area contributed by atoms with Gasteiger partial charge < -0.3 is 19.1 Å². The van der Waals surface area contributed by atoms with Crippen LogP contribution in [0.3, 0.4) is 0 Å². The standard InChI is InChI=1S/C15H18N2O5/c1-4-20-14(18)10(3)17-9-12(15(19)21-5-2)22-11-7-6-8-16-13(11)17/h6-8,12H,3-5,9H2,1-2H3. The molecule has 118 valence electrons. The van der Waals surface area contributed by atoms with Gasteiger partial charge >= 0.3 is 11.9 Å². The van der Waals surface area contributed by atoms with Gasteiger partial charge in [0, 0.05) is 6.20 Å². The van der Waals surface area contributed by atoms with Crippen LogP contribution in [0.15, 0.2) is 30.6 Å². The fourth-order valence-electron chi connectivity index (χ4n) is 2.04. The first kappa shape index (κ1) is 15.8. The molecule has 0 amide bonds. The lowest BCUT2D eigenvalue weighted by molar-refractivity contribution is -0.151. The number of anilines is 1. The first-order valence-corrected chi connectivity index (χ1v) is 7.00. The van der Waals surface area contributed by atoms with Gasteiger partial charge in [-0.05, 0) is 26.0 Å². The van der Waals surface area contributed by atoms with Gasteiger partial charge in [-0.2, -0.15) is 0 Å². The van der Waals surface area contributed by atoms with Gasteiger partial charge in [-0.25, -0.2) is 14.6 Å². The van der Waals surface area contributed by atoms with Gasteiger partial charge in [-0.15, -0.1) is 0 Å². The molecule has 1 aromatic heterocycles. The number of nitrogens with zero attached hydrogens (tertiary/aromatic N) is 2. The Bertz CT molecular complexity index is 587. The maximum atomic E-state index is 11.9. The van der Waals surface area contributed by atoms with E-state index in [0.29, 0.717) is 11.6 Å². The van der Waals surface area contributed by atoms with Crippen LogP contribution in [-0.2, 0) is 19.1 Å². The lowest BCUT2D eigenvalue weighted by Crippen LogP contribution is -2.46. The summed E-state index contributed by atoms with van der Waals surface area (Å²) in [7, 11) is 0. The van der Waals surface area contributed by atoms with E-state index in [4.69, 9.17) is 14.2 Å². The van der Waals surface area contributed by atoms with Gasteiger partial charge in [0.25, 0.3) is 0 Å². The number of rotatable bonds is 5. The lowest BCUT2D eigenvalue weighted by atomic mass is 10.2. The molecule has 0 radical (unpaired) electrons. The highest BCUT2D eigenvalue weighted by atomic mass is 16.6. The van der Waals surface area contributed by atoms with Crippen LogP contribution in [0, 0.1) is 0 Å². The Balaban J connectivity index is 2.29. The van der Waals surface area contributed by atoms with Crippen molar-refractivity contribution in [3.05, 3.63) is 30.6 Å². The average molecular weight is 306 g/mol. The maximum Gasteiger partial charge on any atom is 0.354 e. The highest BCUT2D eigenvalue weighted by molar-refractivity contribution is 5.93. The SMILES string of the molecule is C=C(C(=O)OCC)N1CC(C(=O)OCC)Oc2cccnc21. The number of ether oxygens (including phenoxy) is 3. The van der Waals surface area contributed by atoms with Crippen LogP contribution in [0.5, 0.6) is 5.75 Å². The van der Waals surface area contributed by atoms with Crippen LogP contribution in [0.1, 0.15) is 13.8 Å². The molecule has 7 nitrogen and oxygen atoms in total. The molecule has 0 aliphatic carbocycles. The zero-order chi connectivity index (χ0) is 16.1. The molecule has 2 heterocycles. The highest BCUT2D eigenvalue weighted by Crippen LogP contribution is 2.33. The summed E-state index contributed by atoms with van der Waals surface area (Å²) in [6.07, 6.45) is 0.709. The number of carbonyl (C=O) groups is 2. The quantitative estimate of drug-likeness (QED) is 0.599. The Morgan fingerprint density at radius 1 is 1.41 bits per heavy atom. The van der Waals surface area contributed by atoms with Crippen molar-refractivity contribution in [3.8, 4) is 5.75 Å². The average Bonchev–Trinajstić information content (AvgIpc) is 2.53. The molecule has 0 aromatic carbocycles. The van der Waals surface area contributed by atoms with E-state index in [2.05, 4.69) is 11.6 Å². The zero-order valence-corrected chi connectivity index (χ0v) is 12.6. The third-order valence-electron chi connectivity index (χ3n) is 3.01. The second-order valence-corrected chi connectivity index (χ2v) is 4.46. The summed E-state index contributed by atoms with van der Waals surface area (Å²) in [5.41, 5.74) is 0.0967. The molecule has 7 heteroatoms. The first-order chi connectivity index (χ1) is 10.6. The maximum absolute atomic E-state index is 11.9. The largest absolute Gasteiger partial charge is 0.473 e. The minimum atomic E-state index is -0.858. The van der Waals surface area contributed by atoms with Crippen molar-refractivity contribution < 1.29 is 23.8 Å². The Morgan fingerprint density at radius 2 is 2.14 bits per heavy atom. The van der Waals surface area contributed by atoms with E-state index in [9.17, 15) is 9.59 Å². The van der Waals surface area contributed by atoms with Crippen molar-refractivity contribution in [2.45, 2.75) is 20.0 Å². The number of hydrogen-bond acceptors (Lipinski definition) is 7.